The SMILES string of the molecule is Cc1ncsc1-c1ccc([C@H](C)NC(=O)C2C[C@@H](O)CN2C(=O)[C@@H](NC(=O)c2cc3ccc(OC4CN(C5CCC(C(=O)N[C@@H](C)Cn6ccc(-c7ccc(C#N)c(Cl)c7)n6)CN5)C4)cc3o2)C(C)(C)C)cc1. The van der Waals surface area contributed by atoms with E-state index in [4.69, 9.17) is 20.8 Å². The van der Waals surface area contributed by atoms with Gasteiger partial charge in [0.05, 0.1) is 63.1 Å². The monoisotopic (exact) mass is 1030 g/mol. The molecule has 3 aliphatic rings. The Morgan fingerprint density at radius 1 is 0.973 bits per heavy atom. The van der Waals surface area contributed by atoms with Crippen LogP contribution in [0.3, 0.4) is 0 Å². The van der Waals surface area contributed by atoms with Crippen molar-refractivity contribution in [1.29, 1.82) is 5.26 Å². The predicted molar refractivity (Wildman–Crippen MR) is 277 cm³/mol. The van der Waals surface area contributed by atoms with Gasteiger partial charge in [0, 0.05) is 61.9 Å². The third kappa shape index (κ3) is 11.6. The minimum absolute atomic E-state index is 0.00993. The van der Waals surface area contributed by atoms with Crippen LogP contribution in [0, 0.1) is 29.6 Å². The summed E-state index contributed by atoms with van der Waals surface area (Å²) >= 11 is 7.79. The van der Waals surface area contributed by atoms with E-state index >= 15 is 0 Å². The zero-order valence-electron chi connectivity index (χ0n) is 41.7. The topological polar surface area (TPSA) is 220 Å². The number of likely N-dealkylation sites (tertiary alicyclic amines) is 2. The van der Waals surface area contributed by atoms with Gasteiger partial charge in [0.1, 0.15) is 35.6 Å². The van der Waals surface area contributed by atoms with Crippen LogP contribution in [-0.2, 0) is 20.9 Å². The van der Waals surface area contributed by atoms with Gasteiger partial charge in [-0.15, -0.1) is 11.3 Å². The maximum Gasteiger partial charge on any atom is 0.287 e. The van der Waals surface area contributed by atoms with Crippen molar-refractivity contribution in [3.8, 4) is 33.5 Å². The number of ether oxygens (including phenoxy) is 1. The first-order chi connectivity index (χ1) is 34.9. The second kappa shape index (κ2) is 21.5. The molecule has 3 aromatic heterocycles. The number of piperidine rings is 1. The van der Waals surface area contributed by atoms with Gasteiger partial charge in [0.25, 0.3) is 5.91 Å². The van der Waals surface area contributed by atoms with Gasteiger partial charge >= 0.3 is 0 Å². The molecule has 0 saturated carbocycles. The normalized spacial score (nSPS) is 20.7. The summed E-state index contributed by atoms with van der Waals surface area (Å²) in [5, 5.41) is 38.3. The summed E-state index contributed by atoms with van der Waals surface area (Å²) in [6, 6.07) is 21.7. The number of carbonyl (C=O) groups excluding carboxylic acids is 4. The number of aryl methyl sites for hydroxylation is 1. The van der Waals surface area contributed by atoms with Gasteiger partial charge < -0.3 is 40.4 Å². The van der Waals surface area contributed by atoms with E-state index in [1.54, 1.807) is 40.3 Å². The number of rotatable bonds is 15. The molecule has 73 heavy (non-hydrogen) atoms. The van der Waals surface area contributed by atoms with E-state index in [1.165, 1.54) is 4.90 Å². The molecule has 0 aliphatic carbocycles. The largest absolute Gasteiger partial charge is 0.488 e. The van der Waals surface area contributed by atoms with Crippen LogP contribution in [0.15, 0.2) is 88.9 Å². The van der Waals surface area contributed by atoms with E-state index in [-0.39, 0.29) is 60.8 Å². The molecular weight excluding hydrogens is 968 g/mol. The van der Waals surface area contributed by atoms with Gasteiger partial charge in [0.2, 0.25) is 17.7 Å². The fourth-order valence-corrected chi connectivity index (χ4v) is 10.9. The number of carbonyl (C=O) groups is 4. The molecule has 6 heterocycles. The molecule has 7 atom stereocenters. The molecule has 19 heteroatoms. The number of aromatic nitrogens is 3. The fourth-order valence-electron chi connectivity index (χ4n) is 9.85. The van der Waals surface area contributed by atoms with Crippen LogP contribution < -0.4 is 26.0 Å². The molecule has 382 valence electrons. The second-order valence-corrected chi connectivity index (χ2v) is 21.9. The second-order valence-electron chi connectivity index (χ2n) is 20.6. The number of thiazole rings is 1. The molecule has 0 spiro atoms. The number of nitrogens with one attached hydrogen (secondary N) is 4. The van der Waals surface area contributed by atoms with E-state index in [0.29, 0.717) is 53.5 Å². The predicted octanol–water partition coefficient (Wildman–Crippen LogP) is 6.83. The van der Waals surface area contributed by atoms with Crippen LogP contribution in [0.1, 0.15) is 87.3 Å². The molecule has 3 aliphatic heterocycles. The minimum atomic E-state index is -1.04. The molecule has 17 nitrogen and oxygen atoms in total. The Bertz CT molecular complexity index is 3040. The molecule has 5 N–H and O–H groups in total. The maximum atomic E-state index is 14.3. The highest BCUT2D eigenvalue weighted by atomic mass is 35.5. The molecule has 3 aromatic carbocycles. The Balaban J connectivity index is 0.732. The first-order valence-electron chi connectivity index (χ1n) is 24.7. The van der Waals surface area contributed by atoms with Crippen LogP contribution in [0.4, 0.5) is 0 Å². The number of fused-ring (bicyclic) bond motifs is 1. The lowest BCUT2D eigenvalue weighted by atomic mass is 9.85. The third-order valence-corrected chi connectivity index (χ3v) is 15.3. The zero-order valence-corrected chi connectivity index (χ0v) is 43.3. The highest BCUT2D eigenvalue weighted by Crippen LogP contribution is 2.32. The van der Waals surface area contributed by atoms with Crippen molar-refractivity contribution in [2.75, 3.05) is 26.2 Å². The number of furan rings is 1. The number of aliphatic hydroxyl groups is 1. The van der Waals surface area contributed by atoms with Crippen molar-refractivity contribution in [2.45, 2.75) is 110 Å². The van der Waals surface area contributed by atoms with Crippen molar-refractivity contribution in [3.05, 3.63) is 112 Å². The molecule has 9 rings (SSSR count). The van der Waals surface area contributed by atoms with E-state index in [9.17, 15) is 29.5 Å². The lowest BCUT2D eigenvalue weighted by molar-refractivity contribution is -0.142. The van der Waals surface area contributed by atoms with Gasteiger partial charge in [0.15, 0.2) is 5.76 Å². The Hall–Kier alpha value is -6.62. The summed E-state index contributed by atoms with van der Waals surface area (Å²) in [5.74, 6) is -0.961. The summed E-state index contributed by atoms with van der Waals surface area (Å²) in [4.78, 5) is 64.3. The highest BCUT2D eigenvalue weighted by Gasteiger charge is 2.45. The molecule has 3 fully saturated rings. The number of aliphatic hydroxyl groups excluding tert-OH is 1. The van der Waals surface area contributed by atoms with E-state index in [1.807, 2.05) is 102 Å². The molecule has 4 amide bonds. The van der Waals surface area contributed by atoms with Gasteiger partial charge in [-0.2, -0.15) is 10.4 Å². The van der Waals surface area contributed by atoms with Crippen LogP contribution in [0.25, 0.3) is 32.7 Å². The Morgan fingerprint density at radius 3 is 2.42 bits per heavy atom. The average Bonchev–Trinajstić information content (AvgIpc) is 4.18. The van der Waals surface area contributed by atoms with Gasteiger partial charge in [-0.1, -0.05) is 62.7 Å². The van der Waals surface area contributed by atoms with Gasteiger partial charge in [-0.05, 0) is 86.6 Å². The zero-order chi connectivity index (χ0) is 51.7. The summed E-state index contributed by atoms with van der Waals surface area (Å²) < 4.78 is 14.2. The lowest BCUT2D eigenvalue weighted by Gasteiger charge is -2.46. The number of nitriles is 1. The Kier molecular flexibility index (Phi) is 15.1. The van der Waals surface area contributed by atoms with Crippen molar-refractivity contribution in [1.82, 2.24) is 45.8 Å². The van der Waals surface area contributed by atoms with Crippen molar-refractivity contribution < 1.29 is 33.4 Å². The van der Waals surface area contributed by atoms with Gasteiger partial charge in [-0.3, -0.25) is 28.8 Å². The summed E-state index contributed by atoms with van der Waals surface area (Å²) in [6.45, 7) is 13.7. The number of β-amino-alcohol motifs (C(OH)–C–C–N with tert-alkyl or cyclic N) is 1. The first-order valence-corrected chi connectivity index (χ1v) is 26.0. The minimum Gasteiger partial charge on any atom is -0.488 e. The first kappa shape index (κ1) is 51.3. The maximum absolute atomic E-state index is 14.3. The molecular formula is C54H61ClN10O7S. The van der Waals surface area contributed by atoms with Crippen LogP contribution in [0.5, 0.6) is 5.75 Å². The Labute approximate surface area is 433 Å². The number of benzene rings is 3. The molecule has 3 unspecified atom stereocenters. The summed E-state index contributed by atoms with van der Waals surface area (Å²) in [7, 11) is 0. The molecule has 6 aromatic rings. The fraction of sp³-hybridized carbons (Fsp3) is 0.426. The lowest BCUT2D eigenvalue weighted by Crippen LogP contribution is -2.63. The van der Waals surface area contributed by atoms with Crippen molar-refractivity contribution >= 4 is 57.5 Å². The van der Waals surface area contributed by atoms with E-state index in [0.717, 1.165) is 45.8 Å². The van der Waals surface area contributed by atoms with E-state index in [2.05, 4.69) is 42.3 Å². The van der Waals surface area contributed by atoms with Crippen LogP contribution in [-0.4, -0.2) is 116 Å². The number of hydrogen-bond donors (Lipinski definition) is 5. The van der Waals surface area contributed by atoms with E-state index < -0.39 is 35.4 Å². The molecule has 0 bridgehead atoms. The third-order valence-electron chi connectivity index (χ3n) is 14.0. The van der Waals surface area contributed by atoms with Gasteiger partial charge in [-0.25, -0.2) is 4.98 Å². The molecule has 3 saturated heterocycles. The number of amides is 4. The number of hydrogen-bond acceptors (Lipinski definition) is 13. The average molecular weight is 1030 g/mol. The Morgan fingerprint density at radius 2 is 1.74 bits per heavy atom. The standard InChI is InChI=1S/C54H61ClN10O7S/c1-30(25-64-18-17-43(62-64)35-11-12-37(23-56)42(55)19-35)59-50(67)38-14-16-47(57-24-38)63-27-41(28-63)71-40-15-13-36-20-46(72-45(36)22-40)52(69)61-49(54(4,5)6)53(70)65-26-39(66)21-44(65)51(68)60-31(2)33-7-9-34(10-8-33)48-32(3)58-29-73-48/h7-13,15,17-20,22,29-31,38-39,41,44,47,49,57,66H,14,16,21,24-28H2,1-6H3,(H,59,67)(H,60,68)(H,61,69)/t30-,31-,38?,39+,44?,47?,49+/m0/s1. The van der Waals surface area contributed by atoms with Crippen LogP contribution >= 0.6 is 22.9 Å². The highest BCUT2D eigenvalue weighted by molar-refractivity contribution is 7.13. The summed E-state index contributed by atoms with van der Waals surface area (Å²) in [5.41, 5.74) is 6.35. The van der Waals surface area contributed by atoms with Crippen molar-refractivity contribution in [3.63, 3.8) is 0 Å². The quantitative estimate of drug-likeness (QED) is 0.0715. The van der Waals surface area contributed by atoms with Crippen LogP contribution in [0.2, 0.25) is 5.02 Å². The number of nitrogens with zero attached hydrogens (tertiary/aromatic N) is 6. The van der Waals surface area contributed by atoms with Crippen molar-refractivity contribution in [2.24, 2.45) is 11.3 Å². The molecule has 0 radical (unpaired) electrons. The summed E-state index contributed by atoms with van der Waals surface area (Å²) in [6.07, 6.45) is 2.67. The number of halogens is 1. The smallest absolute Gasteiger partial charge is 0.287 e.